The van der Waals surface area contributed by atoms with Gasteiger partial charge in [0.15, 0.2) is 0 Å². The summed E-state index contributed by atoms with van der Waals surface area (Å²) in [6.07, 6.45) is 0.858. The monoisotopic (exact) mass is 327 g/mol. The standard InChI is InChI=1S/C14H18BrNO3/c15-12-3-1-10(2-4-12)9-13(17)11-5-7-16(8-6-11)14(18)19/h1-4,11,13,17H,5-9H2,(H,18,19). The van der Waals surface area contributed by atoms with Gasteiger partial charge in [-0.1, -0.05) is 28.1 Å². The van der Waals surface area contributed by atoms with Gasteiger partial charge in [-0.05, 0) is 42.9 Å². The molecule has 2 N–H and O–H groups in total. The Morgan fingerprint density at radius 3 is 2.42 bits per heavy atom. The minimum absolute atomic E-state index is 0.194. The number of hydrogen-bond acceptors (Lipinski definition) is 2. The van der Waals surface area contributed by atoms with E-state index in [1.54, 1.807) is 0 Å². The molecule has 1 unspecified atom stereocenters. The normalized spacial score (nSPS) is 18.3. The van der Waals surface area contributed by atoms with Crippen molar-refractivity contribution in [2.24, 2.45) is 5.92 Å². The Hall–Kier alpha value is -1.07. The van der Waals surface area contributed by atoms with Gasteiger partial charge in [-0.2, -0.15) is 0 Å². The van der Waals surface area contributed by atoms with E-state index < -0.39 is 12.2 Å². The minimum atomic E-state index is -0.860. The van der Waals surface area contributed by atoms with Crippen molar-refractivity contribution < 1.29 is 15.0 Å². The molecule has 0 radical (unpaired) electrons. The van der Waals surface area contributed by atoms with Crippen LogP contribution < -0.4 is 0 Å². The van der Waals surface area contributed by atoms with Gasteiger partial charge in [-0.15, -0.1) is 0 Å². The van der Waals surface area contributed by atoms with Gasteiger partial charge in [0.25, 0.3) is 0 Å². The van der Waals surface area contributed by atoms with Crippen molar-refractivity contribution in [2.75, 3.05) is 13.1 Å². The Bertz CT molecular complexity index is 427. The van der Waals surface area contributed by atoms with Crippen molar-refractivity contribution in [1.29, 1.82) is 0 Å². The van der Waals surface area contributed by atoms with Crippen LogP contribution in [-0.2, 0) is 6.42 Å². The Morgan fingerprint density at radius 1 is 1.32 bits per heavy atom. The van der Waals surface area contributed by atoms with Crippen molar-refractivity contribution in [2.45, 2.75) is 25.4 Å². The molecule has 5 heteroatoms. The molecule has 1 fully saturated rings. The van der Waals surface area contributed by atoms with Crippen molar-refractivity contribution in [1.82, 2.24) is 4.90 Å². The summed E-state index contributed by atoms with van der Waals surface area (Å²) >= 11 is 3.38. The lowest BCUT2D eigenvalue weighted by Gasteiger charge is -2.32. The summed E-state index contributed by atoms with van der Waals surface area (Å²) in [5, 5.41) is 19.1. The number of piperidine rings is 1. The van der Waals surface area contributed by atoms with Gasteiger partial charge >= 0.3 is 6.09 Å². The minimum Gasteiger partial charge on any atom is -0.465 e. The number of carboxylic acid groups (broad SMARTS) is 1. The van der Waals surface area contributed by atoms with Crippen LogP contribution in [0.1, 0.15) is 18.4 Å². The molecular weight excluding hydrogens is 310 g/mol. The van der Waals surface area contributed by atoms with Crippen molar-refractivity contribution >= 4 is 22.0 Å². The number of aliphatic hydroxyl groups excluding tert-OH is 1. The molecule has 0 aliphatic carbocycles. The Kier molecular flexibility index (Phi) is 4.82. The molecule has 19 heavy (non-hydrogen) atoms. The van der Waals surface area contributed by atoms with Gasteiger partial charge in [0, 0.05) is 17.6 Å². The van der Waals surface area contributed by atoms with E-state index in [-0.39, 0.29) is 5.92 Å². The second kappa shape index (κ2) is 6.39. The summed E-state index contributed by atoms with van der Waals surface area (Å²) in [5.74, 6) is 0.194. The average molecular weight is 328 g/mol. The molecule has 1 heterocycles. The van der Waals surface area contributed by atoms with E-state index in [1.165, 1.54) is 4.90 Å². The van der Waals surface area contributed by atoms with Crippen LogP contribution in [0.15, 0.2) is 28.7 Å². The topological polar surface area (TPSA) is 60.8 Å². The predicted molar refractivity (Wildman–Crippen MR) is 76.2 cm³/mol. The summed E-state index contributed by atoms with van der Waals surface area (Å²) in [6, 6.07) is 7.93. The SMILES string of the molecule is O=C(O)N1CCC(C(O)Cc2ccc(Br)cc2)CC1. The number of likely N-dealkylation sites (tertiary alicyclic amines) is 1. The van der Waals surface area contributed by atoms with Crippen LogP contribution in [0.3, 0.4) is 0 Å². The fourth-order valence-electron chi connectivity index (χ4n) is 2.50. The first-order chi connectivity index (χ1) is 9.06. The number of benzene rings is 1. The second-order valence-corrected chi connectivity index (χ2v) is 5.92. The summed E-state index contributed by atoms with van der Waals surface area (Å²) in [4.78, 5) is 12.2. The second-order valence-electron chi connectivity index (χ2n) is 5.00. The number of rotatable bonds is 3. The first-order valence-corrected chi connectivity index (χ1v) is 7.26. The van der Waals surface area contributed by atoms with Crippen LogP contribution in [-0.4, -0.2) is 40.4 Å². The van der Waals surface area contributed by atoms with E-state index >= 15 is 0 Å². The molecule has 4 nitrogen and oxygen atoms in total. The van der Waals surface area contributed by atoms with E-state index in [1.807, 2.05) is 24.3 Å². The molecule has 1 aliphatic heterocycles. The third-order valence-corrected chi connectivity index (χ3v) is 4.24. The Labute approximate surface area is 121 Å². The molecule has 0 saturated carbocycles. The molecular formula is C14H18BrNO3. The molecule has 1 amide bonds. The first-order valence-electron chi connectivity index (χ1n) is 6.46. The smallest absolute Gasteiger partial charge is 0.407 e. The van der Waals surface area contributed by atoms with Crippen molar-refractivity contribution in [3.8, 4) is 0 Å². The summed E-state index contributed by atoms with van der Waals surface area (Å²) in [5.41, 5.74) is 1.11. The highest BCUT2D eigenvalue weighted by molar-refractivity contribution is 9.10. The fourth-order valence-corrected chi connectivity index (χ4v) is 2.77. The lowest BCUT2D eigenvalue weighted by Crippen LogP contribution is -2.40. The van der Waals surface area contributed by atoms with Crippen LogP contribution in [0.4, 0.5) is 4.79 Å². The van der Waals surface area contributed by atoms with Gasteiger partial charge in [-0.3, -0.25) is 0 Å². The molecule has 1 atom stereocenters. The highest BCUT2D eigenvalue weighted by Crippen LogP contribution is 2.23. The van der Waals surface area contributed by atoms with E-state index in [0.29, 0.717) is 19.5 Å². The van der Waals surface area contributed by atoms with Crippen molar-refractivity contribution in [3.05, 3.63) is 34.3 Å². The fraction of sp³-hybridized carbons (Fsp3) is 0.500. The van der Waals surface area contributed by atoms with Crippen LogP contribution in [0.25, 0.3) is 0 Å². The molecule has 0 spiro atoms. The lowest BCUT2D eigenvalue weighted by atomic mass is 9.88. The maximum absolute atomic E-state index is 10.8. The van der Waals surface area contributed by atoms with Crippen molar-refractivity contribution in [3.63, 3.8) is 0 Å². The third-order valence-electron chi connectivity index (χ3n) is 3.71. The van der Waals surface area contributed by atoms with Gasteiger partial charge in [-0.25, -0.2) is 4.79 Å². The molecule has 1 aromatic carbocycles. The quantitative estimate of drug-likeness (QED) is 0.897. The maximum Gasteiger partial charge on any atom is 0.407 e. The van der Waals surface area contributed by atoms with Crippen LogP contribution in [0.5, 0.6) is 0 Å². The van der Waals surface area contributed by atoms with Crippen LogP contribution >= 0.6 is 15.9 Å². The van der Waals surface area contributed by atoms with Gasteiger partial charge in [0.2, 0.25) is 0 Å². The zero-order chi connectivity index (χ0) is 13.8. The lowest BCUT2D eigenvalue weighted by molar-refractivity contribution is 0.0582. The molecule has 1 aromatic rings. The van der Waals surface area contributed by atoms with Gasteiger partial charge in [0.05, 0.1) is 6.10 Å². The zero-order valence-electron chi connectivity index (χ0n) is 10.6. The average Bonchev–Trinajstić information content (AvgIpc) is 2.41. The maximum atomic E-state index is 10.8. The molecule has 0 aromatic heterocycles. The zero-order valence-corrected chi connectivity index (χ0v) is 12.2. The summed E-state index contributed by atoms with van der Waals surface area (Å²) < 4.78 is 1.03. The van der Waals surface area contributed by atoms with E-state index in [9.17, 15) is 9.90 Å². The number of aliphatic hydroxyl groups is 1. The van der Waals surface area contributed by atoms with E-state index in [0.717, 1.165) is 22.9 Å². The largest absolute Gasteiger partial charge is 0.465 e. The van der Waals surface area contributed by atoms with Gasteiger partial charge in [0.1, 0.15) is 0 Å². The number of nitrogens with zero attached hydrogens (tertiary/aromatic N) is 1. The summed E-state index contributed by atoms with van der Waals surface area (Å²) in [7, 11) is 0. The number of amides is 1. The Balaban J connectivity index is 1.86. The molecule has 104 valence electrons. The van der Waals surface area contributed by atoms with E-state index in [4.69, 9.17) is 5.11 Å². The Morgan fingerprint density at radius 2 is 1.89 bits per heavy atom. The number of hydrogen-bond donors (Lipinski definition) is 2. The first kappa shape index (κ1) is 14.3. The highest BCUT2D eigenvalue weighted by Gasteiger charge is 2.27. The summed E-state index contributed by atoms with van der Waals surface area (Å²) in [6.45, 7) is 1.05. The third kappa shape index (κ3) is 3.94. The molecule has 1 saturated heterocycles. The number of halogens is 1. The molecule has 0 bridgehead atoms. The number of carbonyl (C=O) groups is 1. The molecule has 1 aliphatic rings. The van der Waals surface area contributed by atoms with Crippen LogP contribution in [0.2, 0.25) is 0 Å². The van der Waals surface area contributed by atoms with Gasteiger partial charge < -0.3 is 15.1 Å². The highest BCUT2D eigenvalue weighted by atomic mass is 79.9. The predicted octanol–water partition coefficient (Wildman–Crippen LogP) is 2.74. The van der Waals surface area contributed by atoms with E-state index in [2.05, 4.69) is 15.9 Å². The van der Waals surface area contributed by atoms with Crippen LogP contribution in [0, 0.1) is 5.92 Å². The molecule has 2 rings (SSSR count).